The molecule has 0 aliphatic heterocycles. The fourth-order valence-corrected chi connectivity index (χ4v) is 2.05. The van der Waals surface area contributed by atoms with Crippen LogP contribution in [0.3, 0.4) is 0 Å². The molecule has 2 nitrogen and oxygen atoms in total. The minimum Gasteiger partial charge on any atom is -0.330 e. The summed E-state index contributed by atoms with van der Waals surface area (Å²) < 4.78 is 0. The van der Waals surface area contributed by atoms with Crippen LogP contribution in [0, 0.1) is 11.3 Å². The maximum absolute atomic E-state index is 5.79. The monoisotopic (exact) mass is 182 g/mol. The average Bonchev–Trinajstić information content (AvgIpc) is 2.99. The minimum atomic E-state index is 0.533. The van der Waals surface area contributed by atoms with E-state index in [1.165, 1.54) is 45.3 Å². The van der Waals surface area contributed by atoms with Crippen molar-refractivity contribution in [2.75, 3.05) is 26.2 Å². The molecular weight excluding hydrogens is 160 g/mol. The summed E-state index contributed by atoms with van der Waals surface area (Å²) in [6, 6.07) is 0. The van der Waals surface area contributed by atoms with E-state index in [0.29, 0.717) is 5.41 Å². The van der Waals surface area contributed by atoms with E-state index in [2.05, 4.69) is 11.8 Å². The van der Waals surface area contributed by atoms with E-state index >= 15 is 0 Å². The Labute approximate surface area is 81.5 Å². The Kier molecular flexibility index (Phi) is 2.61. The molecule has 2 heteroatoms. The molecule has 13 heavy (non-hydrogen) atoms. The van der Waals surface area contributed by atoms with Crippen LogP contribution in [0.2, 0.25) is 0 Å². The molecule has 0 spiro atoms. The predicted octanol–water partition coefficient (Wildman–Crippen LogP) is 1.46. The summed E-state index contributed by atoms with van der Waals surface area (Å²) in [6.45, 7) is 6.97. The quantitative estimate of drug-likeness (QED) is 0.674. The van der Waals surface area contributed by atoms with Gasteiger partial charge in [-0.2, -0.15) is 0 Å². The summed E-state index contributed by atoms with van der Waals surface area (Å²) in [5, 5.41) is 0. The third-order valence-corrected chi connectivity index (χ3v) is 3.61. The van der Waals surface area contributed by atoms with Crippen LogP contribution in [-0.4, -0.2) is 31.1 Å². The van der Waals surface area contributed by atoms with Gasteiger partial charge in [0.1, 0.15) is 0 Å². The lowest BCUT2D eigenvalue weighted by molar-refractivity contribution is 0.224. The van der Waals surface area contributed by atoms with Gasteiger partial charge in [0.2, 0.25) is 0 Å². The number of hydrogen-bond donors (Lipinski definition) is 1. The average molecular weight is 182 g/mol. The van der Waals surface area contributed by atoms with Gasteiger partial charge in [-0.1, -0.05) is 6.92 Å². The number of nitrogens with two attached hydrogens (primary N) is 1. The van der Waals surface area contributed by atoms with Crippen molar-refractivity contribution >= 4 is 0 Å². The maximum Gasteiger partial charge on any atom is 0.00501 e. The molecule has 76 valence electrons. The van der Waals surface area contributed by atoms with E-state index < -0.39 is 0 Å². The van der Waals surface area contributed by atoms with Gasteiger partial charge in [-0.3, -0.25) is 0 Å². The molecule has 0 radical (unpaired) electrons. The minimum absolute atomic E-state index is 0.533. The smallest absolute Gasteiger partial charge is 0.00501 e. The highest BCUT2D eigenvalue weighted by Crippen LogP contribution is 2.45. The summed E-state index contributed by atoms with van der Waals surface area (Å²) in [7, 11) is 0. The van der Waals surface area contributed by atoms with Gasteiger partial charge >= 0.3 is 0 Å². The molecule has 0 aromatic carbocycles. The highest BCUT2D eigenvalue weighted by atomic mass is 15.1. The molecule has 2 rings (SSSR count). The predicted molar refractivity (Wildman–Crippen MR) is 55.6 cm³/mol. The first-order chi connectivity index (χ1) is 6.28. The Hall–Kier alpha value is -0.0800. The van der Waals surface area contributed by atoms with E-state index in [1.54, 1.807) is 0 Å². The van der Waals surface area contributed by atoms with Gasteiger partial charge in [-0.05, 0) is 50.1 Å². The summed E-state index contributed by atoms with van der Waals surface area (Å²) >= 11 is 0. The van der Waals surface area contributed by atoms with E-state index in [1.807, 2.05) is 0 Å². The molecule has 2 aliphatic carbocycles. The molecule has 2 saturated carbocycles. The third kappa shape index (κ3) is 2.44. The summed E-state index contributed by atoms with van der Waals surface area (Å²) in [4.78, 5) is 2.61. The first-order valence-corrected chi connectivity index (χ1v) is 5.70. The molecule has 2 N–H and O–H groups in total. The number of hydrogen-bond acceptors (Lipinski definition) is 2. The Morgan fingerprint density at radius 3 is 2.46 bits per heavy atom. The molecular formula is C11H22N2. The third-order valence-electron chi connectivity index (χ3n) is 3.61. The highest BCUT2D eigenvalue weighted by molar-refractivity contribution is 4.96. The van der Waals surface area contributed by atoms with Gasteiger partial charge in [0, 0.05) is 13.1 Å². The molecule has 2 fully saturated rings. The number of nitrogens with zero attached hydrogens (tertiary/aromatic N) is 1. The summed E-state index contributed by atoms with van der Waals surface area (Å²) in [6.07, 6.45) is 5.66. The topological polar surface area (TPSA) is 29.3 Å². The Bertz CT molecular complexity index is 171. The zero-order chi connectivity index (χ0) is 9.31. The molecule has 0 saturated heterocycles. The van der Waals surface area contributed by atoms with Crippen molar-refractivity contribution in [3.05, 3.63) is 0 Å². The van der Waals surface area contributed by atoms with Crippen LogP contribution in [0.4, 0.5) is 0 Å². The molecule has 0 bridgehead atoms. The van der Waals surface area contributed by atoms with Crippen LogP contribution in [0.15, 0.2) is 0 Å². The van der Waals surface area contributed by atoms with Gasteiger partial charge in [-0.15, -0.1) is 0 Å². The largest absolute Gasteiger partial charge is 0.330 e. The first-order valence-electron chi connectivity index (χ1n) is 5.70. The standard InChI is InChI=1S/C11H22N2/c1-2-13(7-10-3-4-10)9-11(8-12)5-6-11/h10H,2-9,12H2,1H3. The fourth-order valence-electron chi connectivity index (χ4n) is 2.05. The summed E-state index contributed by atoms with van der Waals surface area (Å²) in [5.41, 5.74) is 6.32. The molecule has 0 aromatic rings. The lowest BCUT2D eigenvalue weighted by Crippen LogP contribution is -2.35. The van der Waals surface area contributed by atoms with E-state index in [-0.39, 0.29) is 0 Å². The molecule has 2 aliphatic rings. The van der Waals surface area contributed by atoms with Crippen LogP contribution in [-0.2, 0) is 0 Å². The normalized spacial score (nSPS) is 25.2. The second kappa shape index (κ2) is 3.58. The fraction of sp³-hybridized carbons (Fsp3) is 1.00. The second-order valence-corrected chi connectivity index (χ2v) is 4.98. The van der Waals surface area contributed by atoms with Crippen LogP contribution in [0.5, 0.6) is 0 Å². The van der Waals surface area contributed by atoms with Gasteiger partial charge in [0.25, 0.3) is 0 Å². The van der Waals surface area contributed by atoms with Crippen LogP contribution >= 0.6 is 0 Å². The van der Waals surface area contributed by atoms with Gasteiger partial charge in [0.05, 0.1) is 0 Å². The molecule has 0 atom stereocenters. The Balaban J connectivity index is 1.75. The van der Waals surface area contributed by atoms with Gasteiger partial charge < -0.3 is 10.6 Å². The van der Waals surface area contributed by atoms with Crippen molar-refractivity contribution in [2.45, 2.75) is 32.6 Å². The van der Waals surface area contributed by atoms with Crippen LogP contribution in [0.25, 0.3) is 0 Å². The van der Waals surface area contributed by atoms with E-state index in [4.69, 9.17) is 5.73 Å². The zero-order valence-corrected chi connectivity index (χ0v) is 8.76. The summed E-state index contributed by atoms with van der Waals surface area (Å²) in [5.74, 6) is 1.02. The zero-order valence-electron chi connectivity index (χ0n) is 8.76. The lowest BCUT2D eigenvalue weighted by Gasteiger charge is -2.25. The van der Waals surface area contributed by atoms with Crippen molar-refractivity contribution in [1.82, 2.24) is 4.90 Å². The SMILES string of the molecule is CCN(CC1CC1)CC1(CN)CC1. The van der Waals surface area contributed by atoms with Crippen molar-refractivity contribution in [3.63, 3.8) is 0 Å². The van der Waals surface area contributed by atoms with Gasteiger partial charge in [-0.25, -0.2) is 0 Å². The van der Waals surface area contributed by atoms with E-state index in [0.717, 1.165) is 12.5 Å². The van der Waals surface area contributed by atoms with Crippen LogP contribution < -0.4 is 5.73 Å². The molecule has 0 aromatic heterocycles. The first kappa shape index (κ1) is 9.47. The van der Waals surface area contributed by atoms with E-state index in [9.17, 15) is 0 Å². The van der Waals surface area contributed by atoms with Crippen molar-refractivity contribution in [2.24, 2.45) is 17.1 Å². The molecule has 0 heterocycles. The Morgan fingerprint density at radius 1 is 1.38 bits per heavy atom. The lowest BCUT2D eigenvalue weighted by atomic mass is 10.1. The number of rotatable bonds is 6. The highest BCUT2D eigenvalue weighted by Gasteiger charge is 2.42. The molecule has 0 unspecified atom stereocenters. The molecule has 0 amide bonds. The maximum atomic E-state index is 5.79. The second-order valence-electron chi connectivity index (χ2n) is 4.98. The van der Waals surface area contributed by atoms with Crippen molar-refractivity contribution in [1.29, 1.82) is 0 Å². The van der Waals surface area contributed by atoms with Crippen molar-refractivity contribution in [3.8, 4) is 0 Å². The Morgan fingerprint density at radius 2 is 2.08 bits per heavy atom. The van der Waals surface area contributed by atoms with Crippen LogP contribution in [0.1, 0.15) is 32.6 Å². The van der Waals surface area contributed by atoms with Crippen molar-refractivity contribution < 1.29 is 0 Å². The van der Waals surface area contributed by atoms with Gasteiger partial charge in [0.15, 0.2) is 0 Å².